The van der Waals surface area contributed by atoms with Crippen LogP contribution in [-0.2, 0) is 6.42 Å². The average molecular weight is 315 g/mol. The van der Waals surface area contributed by atoms with Gasteiger partial charge in [-0.05, 0) is 30.0 Å². The Hall–Kier alpha value is -1.82. The molecule has 0 radical (unpaired) electrons. The molecule has 1 unspecified atom stereocenters. The third-order valence-electron chi connectivity index (χ3n) is 3.25. The van der Waals surface area contributed by atoms with Crippen LogP contribution in [0.1, 0.15) is 72.1 Å². The zero-order valence-electron chi connectivity index (χ0n) is 14.3. The van der Waals surface area contributed by atoms with Gasteiger partial charge in [0.05, 0.1) is 0 Å². The quantitative estimate of drug-likeness (QED) is 0.364. The van der Waals surface area contributed by atoms with E-state index in [0.29, 0.717) is 5.92 Å². The van der Waals surface area contributed by atoms with Gasteiger partial charge in [-0.1, -0.05) is 110 Å². The summed E-state index contributed by atoms with van der Waals surface area (Å²) in [6, 6.07) is 6.64. The van der Waals surface area contributed by atoms with Gasteiger partial charge in [0.2, 0.25) is 0 Å². The Kier molecular flexibility index (Phi) is 17.1. The van der Waals surface area contributed by atoms with Crippen molar-refractivity contribution in [2.75, 3.05) is 0 Å². The highest BCUT2D eigenvalue weighted by molar-refractivity contribution is 5.70. The zero-order valence-corrected chi connectivity index (χ0v) is 14.3. The molecule has 23 heavy (non-hydrogen) atoms. The summed E-state index contributed by atoms with van der Waals surface area (Å²) in [5, 5.41) is 0. The molecule has 0 saturated heterocycles. The molecule has 0 N–H and O–H groups in total. The predicted octanol–water partition coefficient (Wildman–Crippen LogP) is 7.98. The summed E-state index contributed by atoms with van der Waals surface area (Å²) < 4.78 is 0. The first-order valence-electron chi connectivity index (χ1n) is 7.98. The minimum Gasteiger partial charge on any atom is -0.0991 e. The normalized spacial score (nSPS) is 14.3. The largest absolute Gasteiger partial charge is 0.0991 e. The Morgan fingerprint density at radius 3 is 2.09 bits per heavy atom. The maximum Gasteiger partial charge on any atom is 0.0237 e. The van der Waals surface area contributed by atoms with Gasteiger partial charge in [0.15, 0.2) is 0 Å². The highest BCUT2D eigenvalue weighted by Crippen LogP contribution is 2.41. The maximum atomic E-state index is 3.36. The summed E-state index contributed by atoms with van der Waals surface area (Å²) >= 11 is 0. The molecule has 0 aromatic heterocycles. The minimum atomic E-state index is 0. The molecular weight excluding hydrogens is 276 g/mol. The standard InChI is InChI=1S/C13H12.C4H6.2C2H6.2CH4/c1-9-8-11-6-2-4-10-5-3-7-12(9)13(10)11;1-3-4-2;2*1-2;;/h2-4,6-8,12H,5H2,1H3;3-4H,1-2H2;2*1-2H3;2*1H4. The van der Waals surface area contributed by atoms with Gasteiger partial charge in [0.1, 0.15) is 0 Å². The van der Waals surface area contributed by atoms with Crippen molar-refractivity contribution in [3.8, 4) is 0 Å². The molecule has 0 nitrogen and oxygen atoms in total. The van der Waals surface area contributed by atoms with Gasteiger partial charge >= 0.3 is 0 Å². The summed E-state index contributed by atoms with van der Waals surface area (Å²) in [7, 11) is 0. The van der Waals surface area contributed by atoms with Crippen LogP contribution in [0.3, 0.4) is 0 Å². The van der Waals surface area contributed by atoms with Crippen LogP contribution in [0.15, 0.2) is 61.2 Å². The van der Waals surface area contributed by atoms with E-state index < -0.39 is 0 Å². The molecule has 0 saturated carbocycles. The fourth-order valence-corrected chi connectivity index (χ4v) is 2.46. The van der Waals surface area contributed by atoms with E-state index in [1.165, 1.54) is 16.7 Å². The first-order chi connectivity index (χ1) is 10.3. The molecule has 0 spiro atoms. The lowest BCUT2D eigenvalue weighted by Gasteiger charge is -2.18. The van der Waals surface area contributed by atoms with Crippen molar-refractivity contribution < 1.29 is 0 Å². The molecule has 3 rings (SSSR count). The van der Waals surface area contributed by atoms with Crippen molar-refractivity contribution in [2.24, 2.45) is 0 Å². The van der Waals surface area contributed by atoms with Crippen molar-refractivity contribution >= 4 is 6.08 Å². The van der Waals surface area contributed by atoms with Crippen LogP contribution in [0, 0.1) is 0 Å². The third-order valence-corrected chi connectivity index (χ3v) is 3.25. The minimum absolute atomic E-state index is 0. The van der Waals surface area contributed by atoms with E-state index in [1.807, 2.05) is 27.7 Å². The number of benzene rings is 1. The van der Waals surface area contributed by atoms with Crippen molar-refractivity contribution in [3.05, 3.63) is 77.9 Å². The first kappa shape index (κ1) is 26.1. The fourth-order valence-electron chi connectivity index (χ4n) is 2.46. The first-order valence-corrected chi connectivity index (χ1v) is 7.98. The van der Waals surface area contributed by atoms with Gasteiger partial charge in [-0.25, -0.2) is 0 Å². The second kappa shape index (κ2) is 15.1. The zero-order chi connectivity index (χ0) is 16.3. The summed E-state index contributed by atoms with van der Waals surface area (Å²) in [5.41, 5.74) is 5.99. The Labute approximate surface area is 146 Å². The van der Waals surface area contributed by atoms with Gasteiger partial charge in [-0.2, -0.15) is 0 Å². The topological polar surface area (TPSA) is 0 Å². The van der Waals surface area contributed by atoms with Gasteiger partial charge < -0.3 is 0 Å². The lowest BCUT2D eigenvalue weighted by Crippen LogP contribution is -2.03. The van der Waals surface area contributed by atoms with Crippen LogP contribution in [0.4, 0.5) is 0 Å². The summed E-state index contributed by atoms with van der Waals surface area (Å²) in [6.45, 7) is 16.9. The van der Waals surface area contributed by atoms with Gasteiger partial charge in [0.25, 0.3) is 0 Å². The smallest absolute Gasteiger partial charge is 0.0237 e. The van der Waals surface area contributed by atoms with E-state index in [-0.39, 0.29) is 14.9 Å². The molecule has 0 bridgehead atoms. The fraction of sp³-hybridized carbons (Fsp3) is 0.391. The Balaban J connectivity index is -0.000000351. The molecular formula is C23H38. The molecule has 130 valence electrons. The average Bonchev–Trinajstić information content (AvgIpc) is 2.90. The molecule has 1 aromatic carbocycles. The monoisotopic (exact) mass is 314 g/mol. The van der Waals surface area contributed by atoms with Gasteiger partial charge in [-0.15, -0.1) is 0 Å². The van der Waals surface area contributed by atoms with E-state index in [2.05, 4.69) is 56.5 Å². The molecule has 0 fully saturated rings. The number of rotatable bonds is 1. The Bertz CT molecular complexity index is 495. The molecule has 0 amide bonds. The Morgan fingerprint density at radius 2 is 1.57 bits per heavy atom. The van der Waals surface area contributed by atoms with Crippen LogP contribution in [0.25, 0.3) is 6.08 Å². The van der Waals surface area contributed by atoms with E-state index >= 15 is 0 Å². The van der Waals surface area contributed by atoms with Gasteiger partial charge in [0, 0.05) is 5.92 Å². The third kappa shape index (κ3) is 6.86. The van der Waals surface area contributed by atoms with Crippen LogP contribution < -0.4 is 0 Å². The van der Waals surface area contributed by atoms with E-state index in [9.17, 15) is 0 Å². The molecule has 0 heteroatoms. The van der Waals surface area contributed by atoms with Crippen molar-refractivity contribution in [3.63, 3.8) is 0 Å². The molecule has 2 aliphatic rings. The highest BCUT2D eigenvalue weighted by Gasteiger charge is 2.24. The molecule has 1 aromatic rings. The maximum absolute atomic E-state index is 3.36. The van der Waals surface area contributed by atoms with Gasteiger partial charge in [-0.3, -0.25) is 0 Å². The van der Waals surface area contributed by atoms with Crippen LogP contribution in [0.5, 0.6) is 0 Å². The van der Waals surface area contributed by atoms with Crippen LogP contribution >= 0.6 is 0 Å². The van der Waals surface area contributed by atoms with Crippen LogP contribution in [-0.4, -0.2) is 0 Å². The molecule has 1 atom stereocenters. The SMILES string of the molecule is C.C.C=CC=C.CC.CC.CC1=Cc2cccc3c2C1C=CC3. The second-order valence-electron chi connectivity index (χ2n) is 4.39. The Morgan fingerprint density at radius 1 is 1.00 bits per heavy atom. The molecule has 2 aliphatic carbocycles. The highest BCUT2D eigenvalue weighted by atomic mass is 14.3. The van der Waals surface area contributed by atoms with E-state index in [4.69, 9.17) is 0 Å². The molecule has 0 aliphatic heterocycles. The van der Waals surface area contributed by atoms with Crippen molar-refractivity contribution in [2.45, 2.75) is 61.8 Å². The van der Waals surface area contributed by atoms with Crippen molar-refractivity contribution in [1.82, 2.24) is 0 Å². The molecule has 0 heterocycles. The van der Waals surface area contributed by atoms with Crippen molar-refractivity contribution in [1.29, 1.82) is 0 Å². The number of hydrogen-bond donors (Lipinski definition) is 0. The van der Waals surface area contributed by atoms with Crippen LogP contribution in [0.2, 0.25) is 0 Å². The second-order valence-corrected chi connectivity index (χ2v) is 4.39. The predicted molar refractivity (Wildman–Crippen MR) is 112 cm³/mol. The van der Waals surface area contributed by atoms with E-state index in [0.717, 1.165) is 6.42 Å². The lowest BCUT2D eigenvalue weighted by molar-refractivity contribution is 0.956. The summed E-state index contributed by atoms with van der Waals surface area (Å²) in [6.07, 6.45) is 11.3. The summed E-state index contributed by atoms with van der Waals surface area (Å²) in [4.78, 5) is 0. The summed E-state index contributed by atoms with van der Waals surface area (Å²) in [5.74, 6) is 0.583. The lowest BCUT2D eigenvalue weighted by atomic mass is 9.86. The van der Waals surface area contributed by atoms with E-state index in [1.54, 1.807) is 17.7 Å². The number of hydrogen-bond acceptors (Lipinski definition) is 0. The number of allylic oxidation sites excluding steroid dienone is 5.